The van der Waals surface area contributed by atoms with Crippen LogP contribution in [0.5, 0.6) is 0 Å². The van der Waals surface area contributed by atoms with Crippen LogP contribution in [-0.4, -0.2) is 28.2 Å². The number of aromatic carboxylic acids is 2. The van der Waals surface area contributed by atoms with Crippen molar-refractivity contribution in [1.29, 1.82) is 0 Å². The molecule has 2 aromatic rings. The Morgan fingerprint density at radius 2 is 1.12 bits per heavy atom. The first-order valence-electron chi connectivity index (χ1n) is 8.02. The van der Waals surface area contributed by atoms with Gasteiger partial charge in [0.1, 0.15) is 0 Å². The van der Waals surface area contributed by atoms with Gasteiger partial charge in [0.05, 0.1) is 11.1 Å². The Morgan fingerprint density at radius 3 is 1.38 bits per heavy atom. The lowest BCUT2D eigenvalue weighted by Crippen LogP contribution is -2.06. The fourth-order valence-corrected chi connectivity index (χ4v) is 1.59. The van der Waals surface area contributed by atoms with E-state index in [2.05, 4.69) is 13.8 Å². The highest BCUT2D eigenvalue weighted by Crippen LogP contribution is 2.14. The third-order valence-electron chi connectivity index (χ3n) is 2.85. The lowest BCUT2D eigenvalue weighted by Gasteiger charge is -2.04. The van der Waals surface area contributed by atoms with Crippen molar-refractivity contribution in [1.82, 2.24) is 6.15 Å². The number of nitrogens with two attached hydrogens (primary N) is 1. The summed E-state index contributed by atoms with van der Waals surface area (Å²) < 4.78 is 0. The van der Waals surface area contributed by atoms with Crippen molar-refractivity contribution in [2.45, 2.75) is 39.7 Å². The molecule has 144 valence electrons. The van der Waals surface area contributed by atoms with Crippen LogP contribution in [0.1, 0.15) is 59.9 Å². The zero-order chi connectivity index (χ0) is 19.4. The Labute approximate surface area is 155 Å². The van der Waals surface area contributed by atoms with E-state index in [1.165, 1.54) is 5.56 Å². The van der Waals surface area contributed by atoms with Gasteiger partial charge in [-0.25, -0.2) is 9.59 Å². The first-order chi connectivity index (χ1) is 11.6. The molecule has 6 heteroatoms. The minimum atomic E-state index is -0.879. The average Bonchev–Trinajstić information content (AvgIpc) is 2.55. The van der Waals surface area contributed by atoms with Gasteiger partial charge in [0, 0.05) is 0 Å². The lowest BCUT2D eigenvalue weighted by molar-refractivity contribution is 0.0686. The van der Waals surface area contributed by atoms with E-state index in [0.29, 0.717) is 23.1 Å². The number of carboxylic acids is 2. The number of hydrogen-bond acceptors (Lipinski definition) is 4. The molecular weight excluding hydrogens is 332 g/mol. The van der Waals surface area contributed by atoms with Gasteiger partial charge in [0.15, 0.2) is 0 Å². The van der Waals surface area contributed by atoms with Gasteiger partial charge in [-0.15, -0.1) is 0 Å². The van der Waals surface area contributed by atoms with Crippen molar-refractivity contribution in [2.75, 3.05) is 0 Å². The normalized spacial score (nSPS) is 9.19. The Balaban J connectivity index is 0. The molecular formula is C20H30N2O4. The Hall–Kier alpha value is -2.70. The Bertz CT molecular complexity index is 636. The predicted octanol–water partition coefficient (Wildman–Crippen LogP) is 4.41. The second-order valence-corrected chi connectivity index (χ2v) is 6.00. The van der Waals surface area contributed by atoms with Gasteiger partial charge in [0.2, 0.25) is 0 Å². The molecule has 2 rings (SSSR count). The number of carbonyl (C=O) groups is 2. The molecule has 0 aromatic heterocycles. The molecule has 0 atom stereocenters. The van der Waals surface area contributed by atoms with Gasteiger partial charge in [-0.3, -0.25) is 0 Å². The molecule has 0 amide bonds. The third kappa shape index (κ3) is 11.8. The smallest absolute Gasteiger partial charge is 0.335 e. The molecule has 0 aliphatic rings. The number of hydrogen-bond donors (Lipinski definition) is 4. The first-order valence-corrected chi connectivity index (χ1v) is 8.02. The molecule has 2 aromatic carbocycles. The zero-order valence-electron chi connectivity index (χ0n) is 15.8. The van der Waals surface area contributed by atoms with Gasteiger partial charge < -0.3 is 22.1 Å². The average molecular weight is 362 g/mol. The Morgan fingerprint density at radius 1 is 0.769 bits per heavy atom. The summed E-state index contributed by atoms with van der Waals surface area (Å²) in [6.07, 6.45) is 0. The highest BCUT2D eigenvalue weighted by molar-refractivity contribution is 5.87. The van der Waals surface area contributed by atoms with Crippen LogP contribution < -0.4 is 11.9 Å². The quantitative estimate of drug-likeness (QED) is 0.638. The van der Waals surface area contributed by atoms with Crippen molar-refractivity contribution in [3.05, 3.63) is 71.3 Å². The standard InChI is InChI=1S/C10H12O2.C7H6O2.C3H9N.H3N/c1-7(2)8-3-5-9(6-4-8)10(11)12;8-7(9)6-4-2-1-3-5-6;1-3(2)4;/h3-7H,1-2H3,(H,11,12);1-5H,(H,8,9);3H,4H2,1-2H3;1H3. The zero-order valence-corrected chi connectivity index (χ0v) is 15.8. The van der Waals surface area contributed by atoms with Gasteiger partial charge in [-0.05, 0) is 41.8 Å². The summed E-state index contributed by atoms with van der Waals surface area (Å²) in [6, 6.07) is 15.6. The maximum atomic E-state index is 10.5. The van der Waals surface area contributed by atoms with Crippen molar-refractivity contribution >= 4 is 11.9 Å². The van der Waals surface area contributed by atoms with E-state index in [0.717, 1.165) is 0 Å². The molecule has 0 aliphatic carbocycles. The third-order valence-corrected chi connectivity index (χ3v) is 2.85. The molecule has 6 nitrogen and oxygen atoms in total. The summed E-state index contributed by atoms with van der Waals surface area (Å²) in [6.45, 7) is 8.05. The number of carboxylic acid groups (broad SMARTS) is 2. The maximum absolute atomic E-state index is 10.5. The van der Waals surface area contributed by atoms with E-state index in [-0.39, 0.29) is 6.15 Å². The fraction of sp³-hybridized carbons (Fsp3) is 0.300. The highest BCUT2D eigenvalue weighted by Gasteiger charge is 2.02. The summed E-state index contributed by atoms with van der Waals surface area (Å²) in [5, 5.41) is 17.0. The van der Waals surface area contributed by atoms with E-state index >= 15 is 0 Å². The lowest BCUT2D eigenvalue weighted by atomic mass is 10.0. The molecule has 26 heavy (non-hydrogen) atoms. The molecule has 0 spiro atoms. The van der Waals surface area contributed by atoms with E-state index in [1.807, 2.05) is 26.0 Å². The van der Waals surface area contributed by atoms with E-state index in [9.17, 15) is 9.59 Å². The Kier molecular flexibility index (Phi) is 13.3. The van der Waals surface area contributed by atoms with Crippen LogP contribution in [-0.2, 0) is 0 Å². The van der Waals surface area contributed by atoms with Gasteiger partial charge in [-0.2, -0.15) is 0 Å². The van der Waals surface area contributed by atoms with Crippen LogP contribution in [0.15, 0.2) is 54.6 Å². The fourth-order valence-electron chi connectivity index (χ4n) is 1.59. The van der Waals surface area contributed by atoms with Crippen molar-refractivity contribution in [3.63, 3.8) is 0 Å². The predicted molar refractivity (Wildman–Crippen MR) is 105 cm³/mol. The van der Waals surface area contributed by atoms with Crippen LogP contribution in [0.4, 0.5) is 0 Å². The molecule has 0 heterocycles. The number of benzene rings is 2. The minimum absolute atomic E-state index is 0. The van der Waals surface area contributed by atoms with Gasteiger partial charge in [-0.1, -0.05) is 58.0 Å². The monoisotopic (exact) mass is 362 g/mol. The molecule has 0 radical (unpaired) electrons. The second-order valence-electron chi connectivity index (χ2n) is 6.00. The van der Waals surface area contributed by atoms with Crippen molar-refractivity contribution < 1.29 is 19.8 Å². The van der Waals surface area contributed by atoms with Crippen LogP contribution in [0.2, 0.25) is 0 Å². The molecule has 0 saturated carbocycles. The van der Waals surface area contributed by atoms with Gasteiger partial charge >= 0.3 is 11.9 Å². The van der Waals surface area contributed by atoms with E-state index < -0.39 is 11.9 Å². The van der Waals surface area contributed by atoms with Gasteiger partial charge in [0.25, 0.3) is 0 Å². The molecule has 7 N–H and O–H groups in total. The highest BCUT2D eigenvalue weighted by atomic mass is 16.4. The summed E-state index contributed by atoms with van der Waals surface area (Å²) in [5.74, 6) is -1.30. The van der Waals surface area contributed by atoms with Crippen LogP contribution >= 0.6 is 0 Å². The summed E-state index contributed by atoms with van der Waals surface area (Å²) in [5.41, 5.74) is 6.96. The second kappa shape index (κ2) is 13.6. The largest absolute Gasteiger partial charge is 0.478 e. The molecule has 0 unspecified atom stereocenters. The first kappa shape index (κ1) is 25.5. The summed E-state index contributed by atoms with van der Waals surface area (Å²) >= 11 is 0. The SMILES string of the molecule is CC(C)N.CC(C)c1ccc(C(=O)O)cc1.N.O=C(O)c1ccccc1. The summed E-state index contributed by atoms with van der Waals surface area (Å²) in [4.78, 5) is 20.7. The van der Waals surface area contributed by atoms with Crippen LogP contribution in [0.25, 0.3) is 0 Å². The van der Waals surface area contributed by atoms with E-state index in [4.69, 9.17) is 15.9 Å². The van der Waals surface area contributed by atoms with Crippen LogP contribution in [0.3, 0.4) is 0 Å². The number of rotatable bonds is 3. The molecule has 0 bridgehead atoms. The maximum Gasteiger partial charge on any atom is 0.335 e. The van der Waals surface area contributed by atoms with Crippen molar-refractivity contribution in [2.24, 2.45) is 5.73 Å². The molecule has 0 fully saturated rings. The topological polar surface area (TPSA) is 136 Å². The minimum Gasteiger partial charge on any atom is -0.478 e. The summed E-state index contributed by atoms with van der Waals surface area (Å²) in [7, 11) is 0. The molecule has 0 saturated heterocycles. The van der Waals surface area contributed by atoms with E-state index in [1.54, 1.807) is 42.5 Å². The van der Waals surface area contributed by atoms with Crippen LogP contribution in [0, 0.1) is 0 Å². The molecule has 0 aliphatic heterocycles. The van der Waals surface area contributed by atoms with Crippen molar-refractivity contribution in [3.8, 4) is 0 Å².